The molecule has 0 aliphatic carbocycles. The third-order valence-corrected chi connectivity index (χ3v) is 23.0. The van der Waals surface area contributed by atoms with Gasteiger partial charge in [-0.05, 0) is 70.6 Å². The standard InChI is InChI=1S/C94H171NO18/c1-3-5-7-9-11-13-15-17-19-21-23-25-27-29-31-33-34-35-36-37-38-39-40-41-42-44-46-48-50-52-54-56-58-60-62-64-66-68-70-72-82(100)95-77(78(99)71-69-67-65-63-61-59-57-55-53-51-49-47-45-43-32-30-28-26-24-22-20-18-16-14-12-10-8-6-4-2)76-108-92-88(106)85(103)90(80(74-97)110-92)113-94-89(107)86(104)91(81(75-98)111-94)112-93-87(105)84(102)83(101)79(73-96)109-93/h5,7,11,13,17,19,23,25,61,63,69,71,77-81,83-94,96-99,101-107H,3-4,6,8-10,12,14-16,18,20-22,24,26-60,62,64-68,70,72-76H2,1-2H3,(H,95,100)/b7-5-,13-11-,19-17-,25-23-,63-61+,71-69+. The zero-order valence-corrected chi connectivity index (χ0v) is 71.4. The highest BCUT2D eigenvalue weighted by Crippen LogP contribution is 2.34. The third kappa shape index (κ3) is 51.5. The van der Waals surface area contributed by atoms with Gasteiger partial charge in [-0.3, -0.25) is 4.79 Å². The Morgan fingerprint density at radius 2 is 0.619 bits per heavy atom. The molecule has 19 nitrogen and oxygen atoms in total. The Morgan fingerprint density at radius 3 is 0.991 bits per heavy atom. The van der Waals surface area contributed by atoms with E-state index in [4.69, 9.17) is 28.4 Å². The molecule has 12 N–H and O–H groups in total. The number of rotatable bonds is 76. The Labute approximate surface area is 687 Å². The number of carbonyl (C=O) groups is 1. The molecular formula is C94H171NO18. The summed E-state index contributed by atoms with van der Waals surface area (Å²) in [7, 11) is 0. The molecule has 0 bridgehead atoms. The lowest BCUT2D eigenvalue weighted by Crippen LogP contribution is -2.66. The van der Waals surface area contributed by atoms with Crippen LogP contribution in [0.25, 0.3) is 0 Å². The van der Waals surface area contributed by atoms with Gasteiger partial charge in [0.2, 0.25) is 5.91 Å². The molecule has 3 fully saturated rings. The first kappa shape index (κ1) is 104. The lowest BCUT2D eigenvalue weighted by Gasteiger charge is -2.48. The van der Waals surface area contributed by atoms with Crippen molar-refractivity contribution in [1.29, 1.82) is 0 Å². The molecule has 3 saturated heterocycles. The number of allylic oxidation sites excluding steroid dienone is 11. The van der Waals surface area contributed by atoms with Crippen molar-refractivity contribution in [2.45, 2.75) is 491 Å². The van der Waals surface area contributed by atoms with Gasteiger partial charge < -0.3 is 89.9 Å². The van der Waals surface area contributed by atoms with Gasteiger partial charge in [0.15, 0.2) is 18.9 Å². The van der Waals surface area contributed by atoms with E-state index < -0.39 is 124 Å². The van der Waals surface area contributed by atoms with E-state index in [-0.39, 0.29) is 18.9 Å². The van der Waals surface area contributed by atoms with Crippen molar-refractivity contribution in [3.8, 4) is 0 Å². The van der Waals surface area contributed by atoms with Crippen molar-refractivity contribution in [3.05, 3.63) is 72.9 Å². The van der Waals surface area contributed by atoms with Crippen molar-refractivity contribution in [2.24, 2.45) is 0 Å². The first-order chi connectivity index (χ1) is 55.3. The van der Waals surface area contributed by atoms with E-state index in [9.17, 15) is 61.0 Å². The highest BCUT2D eigenvalue weighted by Gasteiger charge is 2.54. The molecule has 3 aliphatic heterocycles. The molecule has 0 aromatic rings. The van der Waals surface area contributed by atoms with Crippen LogP contribution in [-0.2, 0) is 33.2 Å². The van der Waals surface area contributed by atoms with Gasteiger partial charge >= 0.3 is 0 Å². The third-order valence-electron chi connectivity index (χ3n) is 23.0. The van der Waals surface area contributed by atoms with Gasteiger partial charge in [-0.15, -0.1) is 0 Å². The van der Waals surface area contributed by atoms with Crippen molar-refractivity contribution in [3.63, 3.8) is 0 Å². The molecule has 3 heterocycles. The number of aliphatic hydroxyl groups is 11. The molecule has 17 unspecified atom stereocenters. The number of nitrogens with one attached hydrogen (secondary N) is 1. The van der Waals surface area contributed by atoms with Crippen LogP contribution in [0.5, 0.6) is 0 Å². The summed E-state index contributed by atoms with van der Waals surface area (Å²) < 4.78 is 34.5. The molecule has 0 saturated carbocycles. The normalized spacial score (nSPS) is 25.1. The molecule has 1 amide bonds. The Balaban J connectivity index is 1.31. The average molecular weight is 1600 g/mol. The molecule has 0 spiro atoms. The fourth-order valence-corrected chi connectivity index (χ4v) is 15.6. The van der Waals surface area contributed by atoms with Gasteiger partial charge in [0.25, 0.3) is 0 Å². The molecule has 17 atom stereocenters. The van der Waals surface area contributed by atoms with Gasteiger partial charge in [0, 0.05) is 6.42 Å². The predicted molar refractivity (Wildman–Crippen MR) is 457 cm³/mol. The highest BCUT2D eigenvalue weighted by atomic mass is 16.8. The Bertz CT molecular complexity index is 2320. The molecule has 0 aromatic carbocycles. The van der Waals surface area contributed by atoms with Crippen molar-refractivity contribution >= 4 is 5.91 Å². The summed E-state index contributed by atoms with van der Waals surface area (Å²) in [5.41, 5.74) is 0. The first-order valence-electron chi connectivity index (χ1n) is 46.7. The summed E-state index contributed by atoms with van der Waals surface area (Å²) >= 11 is 0. The maximum Gasteiger partial charge on any atom is 0.220 e. The maximum absolute atomic E-state index is 13.5. The zero-order chi connectivity index (χ0) is 81.7. The Morgan fingerprint density at radius 1 is 0.327 bits per heavy atom. The Hall–Kier alpha value is -2.77. The Kier molecular flexibility index (Phi) is 67.6. The van der Waals surface area contributed by atoms with Crippen LogP contribution in [0, 0.1) is 0 Å². The minimum Gasteiger partial charge on any atom is -0.394 e. The number of carbonyl (C=O) groups excluding carboxylic acids is 1. The fourth-order valence-electron chi connectivity index (χ4n) is 15.6. The minimum atomic E-state index is -1.98. The monoisotopic (exact) mass is 1600 g/mol. The van der Waals surface area contributed by atoms with Crippen molar-refractivity contribution in [1.82, 2.24) is 5.32 Å². The minimum absolute atomic E-state index is 0.238. The van der Waals surface area contributed by atoms with Crippen LogP contribution < -0.4 is 5.32 Å². The van der Waals surface area contributed by atoms with Crippen LogP contribution in [0.1, 0.15) is 386 Å². The molecule has 3 aliphatic rings. The van der Waals surface area contributed by atoms with Crippen LogP contribution in [0.15, 0.2) is 72.9 Å². The highest BCUT2D eigenvalue weighted by molar-refractivity contribution is 5.76. The summed E-state index contributed by atoms with van der Waals surface area (Å²) in [4.78, 5) is 13.5. The molecule has 0 aromatic heterocycles. The number of aliphatic hydroxyl groups excluding tert-OH is 11. The molecular weight excluding hydrogens is 1430 g/mol. The average Bonchev–Trinajstić information content (AvgIpc) is 0.780. The van der Waals surface area contributed by atoms with E-state index >= 15 is 0 Å². The topological polar surface area (TPSA) is 307 Å². The van der Waals surface area contributed by atoms with Crippen LogP contribution in [-0.4, -0.2) is 193 Å². The largest absolute Gasteiger partial charge is 0.394 e. The SMILES string of the molecule is CC/C=C\C/C=C\C/C=C\C/C=C\CCCCCCCCCCCCCCCCCCCCCCCCCCCCC(=O)NC(COC1OC(CO)C(OC2OC(CO)C(OC3OC(CO)C(O)C(O)C3O)C(O)C2O)C(O)C1O)C(O)/C=C/CC/C=C/CCCCCCCCCCCCCCCCCCCCCCCCC. The summed E-state index contributed by atoms with van der Waals surface area (Å²) in [6.07, 6.45) is 72.2. The van der Waals surface area contributed by atoms with Gasteiger partial charge in [-0.1, -0.05) is 382 Å². The summed E-state index contributed by atoms with van der Waals surface area (Å²) in [6, 6.07) is -0.993. The second-order valence-corrected chi connectivity index (χ2v) is 33.1. The number of hydrogen-bond acceptors (Lipinski definition) is 18. The van der Waals surface area contributed by atoms with Gasteiger partial charge in [0.1, 0.15) is 73.2 Å². The number of hydrogen-bond donors (Lipinski definition) is 12. The quantitative estimate of drug-likeness (QED) is 0.0199. The van der Waals surface area contributed by atoms with E-state index in [1.807, 2.05) is 6.08 Å². The van der Waals surface area contributed by atoms with Crippen LogP contribution in [0.4, 0.5) is 0 Å². The van der Waals surface area contributed by atoms with Crippen molar-refractivity contribution < 1.29 is 89.4 Å². The van der Waals surface area contributed by atoms with Gasteiger partial charge in [-0.2, -0.15) is 0 Å². The van der Waals surface area contributed by atoms with Crippen LogP contribution in [0.3, 0.4) is 0 Å². The maximum atomic E-state index is 13.5. The summed E-state index contributed by atoms with van der Waals surface area (Å²) in [5.74, 6) is -0.278. The van der Waals surface area contributed by atoms with Crippen LogP contribution in [0.2, 0.25) is 0 Å². The second kappa shape index (κ2) is 73.2. The fraction of sp³-hybridized carbons (Fsp3) is 0.862. The van der Waals surface area contributed by atoms with Gasteiger partial charge in [0.05, 0.1) is 38.6 Å². The molecule has 3 rings (SSSR count). The van der Waals surface area contributed by atoms with E-state index in [2.05, 4.69) is 79.9 Å². The summed E-state index contributed by atoms with van der Waals surface area (Å²) in [6.45, 7) is 1.67. The molecule has 19 heteroatoms. The lowest BCUT2D eigenvalue weighted by atomic mass is 9.96. The van der Waals surface area contributed by atoms with Crippen LogP contribution >= 0.6 is 0 Å². The van der Waals surface area contributed by atoms with E-state index in [1.165, 1.54) is 289 Å². The second-order valence-electron chi connectivity index (χ2n) is 33.1. The molecule has 0 radical (unpaired) electrons. The predicted octanol–water partition coefficient (Wildman–Crippen LogP) is 18.3. The van der Waals surface area contributed by atoms with Crippen molar-refractivity contribution in [2.75, 3.05) is 26.4 Å². The number of amides is 1. The van der Waals surface area contributed by atoms with E-state index in [0.29, 0.717) is 12.8 Å². The lowest BCUT2D eigenvalue weighted by molar-refractivity contribution is -0.379. The number of unbranched alkanes of at least 4 members (excludes halogenated alkanes) is 50. The molecule has 113 heavy (non-hydrogen) atoms. The van der Waals surface area contributed by atoms with Gasteiger partial charge in [-0.25, -0.2) is 0 Å². The zero-order valence-electron chi connectivity index (χ0n) is 71.4. The van der Waals surface area contributed by atoms with E-state index in [0.717, 1.165) is 64.2 Å². The number of ether oxygens (including phenoxy) is 6. The smallest absolute Gasteiger partial charge is 0.220 e. The van der Waals surface area contributed by atoms with E-state index in [1.54, 1.807) is 6.08 Å². The first-order valence-corrected chi connectivity index (χ1v) is 46.7. The molecule has 660 valence electrons. The summed E-state index contributed by atoms with van der Waals surface area (Å²) in [5, 5.41) is 121.